The quantitative estimate of drug-likeness (QED) is 0.430. The Kier molecular flexibility index (Phi) is 2.68. The molecule has 1 aliphatic carbocycles. The number of rotatable bonds is 1. The lowest BCUT2D eigenvalue weighted by atomic mass is 9.94. The third-order valence-corrected chi connectivity index (χ3v) is 4.61. The fourth-order valence-electron chi connectivity index (χ4n) is 3.55. The van der Waals surface area contributed by atoms with Crippen LogP contribution in [0.2, 0.25) is 0 Å². The molecule has 5 rings (SSSR count). The highest BCUT2D eigenvalue weighted by Crippen LogP contribution is 2.43. The van der Waals surface area contributed by atoms with Crippen molar-refractivity contribution in [2.45, 2.75) is 0 Å². The highest BCUT2D eigenvalue weighted by Gasteiger charge is 2.31. The Hall–Kier alpha value is -3.26. The van der Waals surface area contributed by atoms with E-state index in [1.54, 1.807) is 0 Å². The van der Waals surface area contributed by atoms with Crippen molar-refractivity contribution in [1.29, 1.82) is 0 Å². The van der Waals surface area contributed by atoms with E-state index in [1.807, 2.05) is 66.7 Å². The van der Waals surface area contributed by atoms with Gasteiger partial charge >= 0.3 is 0 Å². The van der Waals surface area contributed by atoms with Gasteiger partial charge in [0.1, 0.15) is 0 Å². The zero-order chi connectivity index (χ0) is 16.1. The van der Waals surface area contributed by atoms with Gasteiger partial charge in [0, 0.05) is 22.1 Å². The molecule has 0 saturated heterocycles. The predicted octanol–water partition coefficient (Wildman–Crippen LogP) is 5.11. The first-order valence-corrected chi connectivity index (χ1v) is 7.97. The minimum atomic E-state index is 0.0673. The zero-order valence-electron chi connectivity index (χ0n) is 12.9. The SMILES string of the molecule is O=C1c2ccccc2-c2nc3ccccc3c(-c3ccccc3)c21. The van der Waals surface area contributed by atoms with Gasteiger partial charge in [0.2, 0.25) is 0 Å². The van der Waals surface area contributed by atoms with Gasteiger partial charge in [0.15, 0.2) is 5.78 Å². The van der Waals surface area contributed by atoms with E-state index in [9.17, 15) is 4.79 Å². The van der Waals surface area contributed by atoms with E-state index >= 15 is 0 Å². The summed E-state index contributed by atoms with van der Waals surface area (Å²) in [5.74, 6) is 0.0673. The van der Waals surface area contributed by atoms with E-state index in [0.29, 0.717) is 0 Å². The summed E-state index contributed by atoms with van der Waals surface area (Å²) < 4.78 is 0. The lowest BCUT2D eigenvalue weighted by molar-refractivity contribution is 0.104. The number of pyridine rings is 1. The molecular weight excluding hydrogens is 294 g/mol. The van der Waals surface area contributed by atoms with E-state index in [-0.39, 0.29) is 5.78 Å². The van der Waals surface area contributed by atoms with Crippen molar-refractivity contribution in [1.82, 2.24) is 4.98 Å². The number of hydrogen-bond donors (Lipinski definition) is 0. The van der Waals surface area contributed by atoms with Crippen molar-refractivity contribution >= 4 is 16.7 Å². The van der Waals surface area contributed by atoms with Gasteiger partial charge in [-0.3, -0.25) is 4.79 Å². The molecule has 0 saturated carbocycles. The van der Waals surface area contributed by atoms with Gasteiger partial charge in [0.05, 0.1) is 16.8 Å². The maximum absolute atomic E-state index is 13.1. The monoisotopic (exact) mass is 307 g/mol. The largest absolute Gasteiger partial charge is 0.288 e. The summed E-state index contributed by atoms with van der Waals surface area (Å²) in [6.07, 6.45) is 0. The molecule has 0 amide bonds. The van der Waals surface area contributed by atoms with Crippen molar-refractivity contribution in [3.8, 4) is 22.4 Å². The number of benzene rings is 3. The Labute approximate surface area is 139 Å². The lowest BCUT2D eigenvalue weighted by Gasteiger charge is -2.12. The summed E-state index contributed by atoms with van der Waals surface area (Å²) in [7, 11) is 0. The minimum Gasteiger partial charge on any atom is -0.288 e. The molecule has 0 atom stereocenters. The molecule has 4 aromatic rings. The van der Waals surface area contributed by atoms with Crippen LogP contribution in [-0.2, 0) is 0 Å². The van der Waals surface area contributed by atoms with Crippen LogP contribution >= 0.6 is 0 Å². The van der Waals surface area contributed by atoms with Crippen molar-refractivity contribution in [3.63, 3.8) is 0 Å². The molecule has 0 N–H and O–H groups in total. The molecule has 1 aliphatic rings. The first-order valence-electron chi connectivity index (χ1n) is 7.97. The first-order chi connectivity index (χ1) is 11.8. The summed E-state index contributed by atoms with van der Waals surface area (Å²) in [6.45, 7) is 0. The summed E-state index contributed by atoms with van der Waals surface area (Å²) in [5, 5.41) is 1.02. The van der Waals surface area contributed by atoms with Gasteiger partial charge in [-0.15, -0.1) is 0 Å². The number of aromatic nitrogens is 1. The van der Waals surface area contributed by atoms with Gasteiger partial charge in [0.25, 0.3) is 0 Å². The maximum Gasteiger partial charge on any atom is 0.196 e. The summed E-state index contributed by atoms with van der Waals surface area (Å²) in [4.78, 5) is 17.9. The van der Waals surface area contributed by atoms with Gasteiger partial charge in [-0.25, -0.2) is 4.98 Å². The normalized spacial score (nSPS) is 12.2. The third kappa shape index (κ3) is 1.71. The molecule has 24 heavy (non-hydrogen) atoms. The van der Waals surface area contributed by atoms with E-state index < -0.39 is 0 Å². The second kappa shape index (κ2) is 4.87. The van der Waals surface area contributed by atoms with E-state index in [4.69, 9.17) is 4.98 Å². The fourth-order valence-corrected chi connectivity index (χ4v) is 3.55. The van der Waals surface area contributed by atoms with E-state index in [2.05, 4.69) is 12.1 Å². The number of hydrogen-bond acceptors (Lipinski definition) is 2. The molecular formula is C22H13NO. The highest BCUT2D eigenvalue weighted by molar-refractivity contribution is 6.26. The summed E-state index contributed by atoms with van der Waals surface area (Å²) in [5.41, 5.74) is 6.15. The van der Waals surface area contributed by atoms with Crippen LogP contribution in [0, 0.1) is 0 Å². The second-order valence-corrected chi connectivity index (χ2v) is 5.97. The Morgan fingerprint density at radius 1 is 0.625 bits per heavy atom. The van der Waals surface area contributed by atoms with Crippen molar-refractivity contribution in [2.75, 3.05) is 0 Å². The molecule has 1 aromatic heterocycles. The van der Waals surface area contributed by atoms with Crippen LogP contribution in [0.1, 0.15) is 15.9 Å². The summed E-state index contributed by atoms with van der Waals surface area (Å²) in [6, 6.07) is 25.9. The van der Waals surface area contributed by atoms with Crippen LogP contribution in [0.3, 0.4) is 0 Å². The Morgan fingerprint density at radius 2 is 1.29 bits per heavy atom. The first kappa shape index (κ1) is 13.2. The molecule has 0 radical (unpaired) electrons. The number of para-hydroxylation sites is 1. The number of nitrogens with zero attached hydrogens (tertiary/aromatic N) is 1. The Morgan fingerprint density at radius 3 is 2.12 bits per heavy atom. The van der Waals surface area contributed by atoms with Crippen molar-refractivity contribution in [2.24, 2.45) is 0 Å². The number of fused-ring (bicyclic) bond motifs is 4. The van der Waals surface area contributed by atoms with E-state index in [0.717, 1.165) is 44.4 Å². The predicted molar refractivity (Wildman–Crippen MR) is 96.0 cm³/mol. The van der Waals surface area contributed by atoms with E-state index in [1.165, 1.54) is 0 Å². The fraction of sp³-hybridized carbons (Fsp3) is 0. The molecule has 112 valence electrons. The van der Waals surface area contributed by atoms with Crippen LogP contribution in [0.5, 0.6) is 0 Å². The van der Waals surface area contributed by atoms with Crippen molar-refractivity contribution < 1.29 is 4.79 Å². The number of carbonyl (C=O) groups is 1. The number of carbonyl (C=O) groups excluding carboxylic acids is 1. The van der Waals surface area contributed by atoms with Crippen molar-refractivity contribution in [3.05, 3.63) is 90.0 Å². The standard InChI is InChI=1S/C22H13NO/c24-22-16-11-5-4-10-15(16)21-20(22)19(14-8-2-1-3-9-14)17-12-6-7-13-18(17)23-21/h1-13H. The molecule has 2 nitrogen and oxygen atoms in total. The van der Waals surface area contributed by atoms with Crippen LogP contribution in [-0.4, -0.2) is 10.8 Å². The molecule has 1 heterocycles. The minimum absolute atomic E-state index is 0.0673. The van der Waals surface area contributed by atoms with Gasteiger partial charge < -0.3 is 0 Å². The average molecular weight is 307 g/mol. The highest BCUT2D eigenvalue weighted by atomic mass is 16.1. The Balaban J connectivity index is 1.98. The Bertz CT molecular complexity index is 1110. The topological polar surface area (TPSA) is 30.0 Å². The van der Waals surface area contributed by atoms with Crippen LogP contribution < -0.4 is 0 Å². The van der Waals surface area contributed by atoms with Crippen LogP contribution in [0.25, 0.3) is 33.3 Å². The second-order valence-electron chi connectivity index (χ2n) is 5.97. The smallest absolute Gasteiger partial charge is 0.196 e. The average Bonchev–Trinajstić information content (AvgIpc) is 2.93. The third-order valence-electron chi connectivity index (χ3n) is 4.61. The van der Waals surface area contributed by atoms with Gasteiger partial charge in [-0.1, -0.05) is 72.8 Å². The number of ketones is 1. The molecule has 0 spiro atoms. The molecule has 0 aliphatic heterocycles. The summed E-state index contributed by atoms with van der Waals surface area (Å²) >= 11 is 0. The van der Waals surface area contributed by atoms with Crippen LogP contribution in [0.4, 0.5) is 0 Å². The van der Waals surface area contributed by atoms with Gasteiger partial charge in [-0.2, -0.15) is 0 Å². The maximum atomic E-state index is 13.1. The molecule has 2 heteroatoms. The molecule has 3 aromatic carbocycles. The van der Waals surface area contributed by atoms with Crippen LogP contribution in [0.15, 0.2) is 78.9 Å². The molecule has 0 unspecified atom stereocenters. The molecule has 0 bridgehead atoms. The van der Waals surface area contributed by atoms with Gasteiger partial charge in [-0.05, 0) is 11.6 Å². The zero-order valence-corrected chi connectivity index (χ0v) is 12.9. The lowest BCUT2D eigenvalue weighted by Crippen LogP contribution is -2.00. The molecule has 0 fully saturated rings.